The molecule has 0 aliphatic rings. The number of ether oxygens (including phenoxy) is 1. The molecule has 24 heavy (non-hydrogen) atoms. The van der Waals surface area contributed by atoms with E-state index in [1.807, 2.05) is 0 Å². The second-order valence-electron chi connectivity index (χ2n) is 5.28. The summed E-state index contributed by atoms with van der Waals surface area (Å²) < 4.78 is 28.2. The zero-order chi connectivity index (χ0) is 17.7. The fourth-order valence-electron chi connectivity index (χ4n) is 2.00. The number of hydrogen-bond acceptors (Lipinski definition) is 5. The van der Waals surface area contributed by atoms with Crippen molar-refractivity contribution in [1.82, 2.24) is 0 Å². The Labute approximate surface area is 148 Å². The molecule has 0 amide bonds. The molecule has 2 rings (SSSR count). The van der Waals surface area contributed by atoms with Gasteiger partial charge in [0.1, 0.15) is 0 Å². The lowest BCUT2D eigenvalue weighted by Gasteiger charge is -2.06. The lowest BCUT2D eigenvalue weighted by Crippen LogP contribution is -2.14. The van der Waals surface area contributed by atoms with Crippen LogP contribution in [0.25, 0.3) is 0 Å². The number of benzene rings is 2. The van der Waals surface area contributed by atoms with Gasteiger partial charge in [-0.15, -0.1) is 0 Å². The van der Waals surface area contributed by atoms with Crippen molar-refractivity contribution in [3.63, 3.8) is 0 Å². The molecular formula is C17H15BrO5S. The van der Waals surface area contributed by atoms with Crippen molar-refractivity contribution in [3.05, 3.63) is 69.7 Å². The van der Waals surface area contributed by atoms with Gasteiger partial charge in [0, 0.05) is 16.3 Å². The Morgan fingerprint density at radius 1 is 1.04 bits per heavy atom. The molecule has 0 aliphatic heterocycles. The van der Waals surface area contributed by atoms with Gasteiger partial charge >= 0.3 is 5.97 Å². The largest absolute Gasteiger partial charge is 0.454 e. The van der Waals surface area contributed by atoms with Crippen LogP contribution < -0.4 is 0 Å². The third-order valence-corrected chi connectivity index (χ3v) is 4.45. The predicted molar refractivity (Wildman–Crippen MR) is 93.7 cm³/mol. The number of Topliss-reactive ketones (excluding diaryl/α,β-unsaturated/α-hetero) is 1. The molecule has 0 radical (unpaired) electrons. The van der Waals surface area contributed by atoms with Gasteiger partial charge in [0.05, 0.1) is 11.3 Å². The van der Waals surface area contributed by atoms with Gasteiger partial charge in [-0.2, -0.15) is 0 Å². The summed E-state index contributed by atoms with van der Waals surface area (Å²) in [5.41, 5.74) is 1.29. The van der Waals surface area contributed by atoms with Gasteiger partial charge in [0.2, 0.25) is 0 Å². The van der Waals surface area contributed by atoms with Crippen LogP contribution >= 0.6 is 15.9 Å². The minimum atomic E-state index is -3.13. The number of ketones is 1. The predicted octanol–water partition coefficient (Wildman–Crippen LogP) is 3.03. The van der Waals surface area contributed by atoms with E-state index in [1.54, 1.807) is 36.4 Å². The van der Waals surface area contributed by atoms with Crippen LogP contribution in [0.2, 0.25) is 0 Å². The highest BCUT2D eigenvalue weighted by molar-refractivity contribution is 9.10. The molecule has 0 saturated heterocycles. The molecule has 0 aliphatic carbocycles. The van der Waals surface area contributed by atoms with E-state index < -0.39 is 15.8 Å². The fourth-order valence-corrected chi connectivity index (χ4v) is 3.20. The van der Waals surface area contributed by atoms with E-state index in [2.05, 4.69) is 15.9 Å². The van der Waals surface area contributed by atoms with Gasteiger partial charge in [-0.3, -0.25) is 4.79 Å². The van der Waals surface area contributed by atoms with Crippen molar-refractivity contribution in [2.45, 2.75) is 5.75 Å². The molecule has 126 valence electrons. The minimum Gasteiger partial charge on any atom is -0.454 e. The zero-order valence-corrected chi connectivity index (χ0v) is 15.3. The van der Waals surface area contributed by atoms with Crippen molar-refractivity contribution < 1.29 is 22.7 Å². The Balaban J connectivity index is 1.96. The highest BCUT2D eigenvalue weighted by Gasteiger charge is 2.13. The Kier molecular flexibility index (Phi) is 5.90. The average Bonchev–Trinajstić information content (AvgIpc) is 2.51. The fraction of sp³-hybridized carbons (Fsp3) is 0.176. The van der Waals surface area contributed by atoms with Crippen LogP contribution in [0.3, 0.4) is 0 Å². The van der Waals surface area contributed by atoms with Gasteiger partial charge in [-0.1, -0.05) is 40.2 Å². The summed E-state index contributed by atoms with van der Waals surface area (Å²) in [6.45, 7) is -0.361. The van der Waals surface area contributed by atoms with Crippen molar-refractivity contribution in [2.75, 3.05) is 12.9 Å². The number of esters is 1. The smallest absolute Gasteiger partial charge is 0.338 e. The first-order valence-corrected chi connectivity index (χ1v) is 9.82. The Morgan fingerprint density at radius 2 is 1.71 bits per heavy atom. The SMILES string of the molecule is CS(=O)(=O)Cc1ccc(C(=O)OCC(=O)c2cccc(Br)c2)cc1. The van der Waals surface area contributed by atoms with E-state index in [0.29, 0.717) is 11.1 Å². The lowest BCUT2D eigenvalue weighted by atomic mass is 10.1. The maximum absolute atomic E-state index is 12.0. The third-order valence-electron chi connectivity index (χ3n) is 3.10. The molecule has 2 aromatic rings. The molecule has 0 atom stereocenters. The van der Waals surface area contributed by atoms with E-state index in [4.69, 9.17) is 4.74 Å². The molecule has 0 saturated carbocycles. The standard InChI is InChI=1S/C17H15BrO5S/c1-24(21,22)11-12-5-7-13(8-6-12)17(20)23-10-16(19)14-3-2-4-15(18)9-14/h2-9H,10-11H2,1H3. The summed E-state index contributed by atoms with van der Waals surface area (Å²) in [5.74, 6) is -1.04. The van der Waals surface area contributed by atoms with Crippen molar-refractivity contribution >= 4 is 37.5 Å². The summed E-state index contributed by atoms with van der Waals surface area (Å²) in [5, 5.41) is 0. The van der Waals surface area contributed by atoms with Crippen LogP contribution in [0.4, 0.5) is 0 Å². The first-order chi connectivity index (χ1) is 11.2. The molecule has 0 aromatic heterocycles. The van der Waals surface area contributed by atoms with Crippen LogP contribution in [-0.2, 0) is 20.3 Å². The second kappa shape index (κ2) is 7.72. The molecule has 0 bridgehead atoms. The van der Waals surface area contributed by atoms with Crippen LogP contribution in [-0.4, -0.2) is 33.0 Å². The Bertz CT molecular complexity index is 857. The maximum atomic E-state index is 12.0. The van der Waals surface area contributed by atoms with Gasteiger partial charge in [-0.05, 0) is 29.8 Å². The highest BCUT2D eigenvalue weighted by atomic mass is 79.9. The quantitative estimate of drug-likeness (QED) is 0.540. The Hall–Kier alpha value is -1.99. The maximum Gasteiger partial charge on any atom is 0.338 e. The minimum absolute atomic E-state index is 0.0936. The van der Waals surface area contributed by atoms with Crippen LogP contribution in [0, 0.1) is 0 Å². The molecule has 5 nitrogen and oxygen atoms in total. The molecule has 2 aromatic carbocycles. The third kappa shape index (κ3) is 5.58. The number of sulfone groups is 1. The average molecular weight is 411 g/mol. The van der Waals surface area contributed by atoms with Gasteiger partial charge in [-0.25, -0.2) is 13.2 Å². The normalized spacial score (nSPS) is 11.1. The first kappa shape index (κ1) is 18.4. The van der Waals surface area contributed by atoms with Crippen molar-refractivity contribution in [2.24, 2.45) is 0 Å². The summed E-state index contributed by atoms with van der Waals surface area (Å²) in [6.07, 6.45) is 1.14. The number of rotatable bonds is 6. The van der Waals surface area contributed by atoms with Crippen LogP contribution in [0.1, 0.15) is 26.3 Å². The molecule has 0 unspecified atom stereocenters. The van der Waals surface area contributed by atoms with E-state index >= 15 is 0 Å². The zero-order valence-electron chi connectivity index (χ0n) is 12.9. The molecule has 0 spiro atoms. The number of carbonyl (C=O) groups excluding carboxylic acids is 2. The van der Waals surface area contributed by atoms with E-state index in [1.165, 1.54) is 12.1 Å². The number of carbonyl (C=O) groups is 2. The van der Waals surface area contributed by atoms with E-state index in [0.717, 1.165) is 10.7 Å². The number of halogens is 1. The molecule has 0 N–H and O–H groups in total. The van der Waals surface area contributed by atoms with Crippen molar-refractivity contribution in [1.29, 1.82) is 0 Å². The topological polar surface area (TPSA) is 77.5 Å². The summed E-state index contributed by atoms with van der Waals surface area (Å²) in [6, 6.07) is 12.9. The van der Waals surface area contributed by atoms with Crippen LogP contribution in [0.15, 0.2) is 53.0 Å². The monoisotopic (exact) mass is 410 g/mol. The Morgan fingerprint density at radius 3 is 2.29 bits per heavy atom. The summed E-state index contributed by atoms with van der Waals surface area (Å²) in [4.78, 5) is 23.9. The van der Waals surface area contributed by atoms with Gasteiger partial charge < -0.3 is 4.74 Å². The van der Waals surface area contributed by atoms with Gasteiger partial charge in [0.15, 0.2) is 22.2 Å². The van der Waals surface area contributed by atoms with Crippen molar-refractivity contribution in [3.8, 4) is 0 Å². The second-order valence-corrected chi connectivity index (χ2v) is 8.33. The molecular weight excluding hydrogens is 396 g/mol. The highest BCUT2D eigenvalue weighted by Crippen LogP contribution is 2.13. The van der Waals surface area contributed by atoms with E-state index in [9.17, 15) is 18.0 Å². The molecule has 0 heterocycles. The molecule has 7 heteroatoms. The number of hydrogen-bond donors (Lipinski definition) is 0. The summed E-state index contributed by atoms with van der Waals surface area (Å²) >= 11 is 3.27. The van der Waals surface area contributed by atoms with Gasteiger partial charge in [0.25, 0.3) is 0 Å². The molecule has 0 fully saturated rings. The van der Waals surface area contributed by atoms with E-state index in [-0.39, 0.29) is 23.7 Å². The lowest BCUT2D eigenvalue weighted by molar-refractivity contribution is 0.0474. The van der Waals surface area contributed by atoms with Crippen LogP contribution in [0.5, 0.6) is 0 Å². The summed E-state index contributed by atoms with van der Waals surface area (Å²) in [7, 11) is -3.13. The first-order valence-electron chi connectivity index (χ1n) is 6.97.